The summed E-state index contributed by atoms with van der Waals surface area (Å²) >= 11 is 9.05. The van der Waals surface area contributed by atoms with Crippen molar-refractivity contribution >= 4 is 33.2 Å². The highest BCUT2D eigenvalue weighted by Crippen LogP contribution is 2.26. The van der Waals surface area contributed by atoms with Crippen molar-refractivity contribution in [1.82, 2.24) is 15.0 Å². The summed E-state index contributed by atoms with van der Waals surface area (Å²) in [6, 6.07) is 4.50. The van der Waals surface area contributed by atoms with Gasteiger partial charge in [0, 0.05) is 17.8 Å². The van der Waals surface area contributed by atoms with Gasteiger partial charge in [0.05, 0.1) is 22.5 Å². The number of aromatic nitrogens is 3. The molecule has 0 fully saturated rings. The molecule has 0 aliphatic carbocycles. The van der Waals surface area contributed by atoms with Crippen molar-refractivity contribution in [3.05, 3.63) is 45.2 Å². The van der Waals surface area contributed by atoms with Gasteiger partial charge in [0.15, 0.2) is 0 Å². The number of benzene rings is 1. The molecular weight excluding hydrogens is 323 g/mol. The number of halogens is 2. The van der Waals surface area contributed by atoms with Gasteiger partial charge in [-0.15, -0.1) is 5.10 Å². The van der Waals surface area contributed by atoms with Gasteiger partial charge in [-0.3, -0.25) is 10.1 Å². The predicted molar refractivity (Wildman–Crippen MR) is 70.5 cm³/mol. The molecule has 1 aromatic heterocycles. The Hall–Kier alpha value is -1.47. The van der Waals surface area contributed by atoms with Crippen LogP contribution in [-0.2, 0) is 6.42 Å². The lowest BCUT2D eigenvalue weighted by Gasteiger charge is -2.00. The lowest BCUT2D eigenvalue weighted by atomic mass is 10.3. The van der Waals surface area contributed by atoms with Gasteiger partial charge in [0.2, 0.25) is 0 Å². The van der Waals surface area contributed by atoms with Crippen LogP contribution < -0.4 is 0 Å². The molecule has 2 aromatic rings. The van der Waals surface area contributed by atoms with Gasteiger partial charge in [-0.05, 0) is 12.1 Å². The first kappa shape index (κ1) is 13.0. The van der Waals surface area contributed by atoms with Crippen LogP contribution in [-0.4, -0.2) is 25.2 Å². The molecule has 0 atom stereocenters. The van der Waals surface area contributed by atoms with Crippen molar-refractivity contribution in [2.75, 3.05) is 5.33 Å². The number of hydrogen-bond acceptors (Lipinski definition) is 4. The largest absolute Gasteiger partial charge is 0.290 e. The molecule has 0 amide bonds. The Morgan fingerprint density at radius 3 is 2.94 bits per heavy atom. The van der Waals surface area contributed by atoms with Crippen LogP contribution in [0.4, 0.5) is 5.69 Å². The van der Waals surface area contributed by atoms with E-state index in [2.05, 4.69) is 26.2 Å². The molecule has 8 heteroatoms. The number of nitrogens with zero attached hydrogens (tertiary/aromatic N) is 4. The van der Waals surface area contributed by atoms with E-state index in [1.807, 2.05) is 0 Å². The fraction of sp³-hybridized carbons (Fsp3) is 0.200. The molecule has 94 valence electrons. The topological polar surface area (TPSA) is 73.8 Å². The molecule has 6 nitrogen and oxygen atoms in total. The van der Waals surface area contributed by atoms with Gasteiger partial charge in [0.25, 0.3) is 5.69 Å². The van der Waals surface area contributed by atoms with E-state index in [9.17, 15) is 10.1 Å². The van der Waals surface area contributed by atoms with Crippen molar-refractivity contribution in [2.24, 2.45) is 0 Å². The summed E-state index contributed by atoms with van der Waals surface area (Å²) in [5, 5.41) is 19.5. The van der Waals surface area contributed by atoms with Gasteiger partial charge in [0.1, 0.15) is 5.02 Å². The smallest absolute Gasteiger partial charge is 0.258 e. The fourth-order valence-corrected chi connectivity index (χ4v) is 2.01. The maximum Gasteiger partial charge on any atom is 0.290 e. The molecule has 0 N–H and O–H groups in total. The second-order valence-electron chi connectivity index (χ2n) is 3.49. The molecule has 0 unspecified atom stereocenters. The quantitative estimate of drug-likeness (QED) is 0.490. The minimum Gasteiger partial charge on any atom is -0.258 e. The molecule has 0 bridgehead atoms. The van der Waals surface area contributed by atoms with Gasteiger partial charge in [-0.25, -0.2) is 4.68 Å². The van der Waals surface area contributed by atoms with E-state index in [4.69, 9.17) is 11.6 Å². The SMILES string of the molecule is O=[N+]([O-])c1cc(-n2cc(CCBr)nn2)ccc1Cl. The van der Waals surface area contributed by atoms with E-state index < -0.39 is 4.92 Å². The number of nitro benzene ring substituents is 1. The summed E-state index contributed by atoms with van der Waals surface area (Å²) < 4.78 is 1.49. The molecule has 0 spiro atoms. The zero-order valence-corrected chi connectivity index (χ0v) is 11.4. The molecule has 0 saturated heterocycles. The highest BCUT2D eigenvalue weighted by molar-refractivity contribution is 9.09. The molecule has 0 aliphatic rings. The number of alkyl halides is 1. The van der Waals surface area contributed by atoms with E-state index in [-0.39, 0.29) is 10.7 Å². The van der Waals surface area contributed by atoms with E-state index in [0.29, 0.717) is 5.69 Å². The Bertz CT molecular complexity index is 587. The first-order valence-electron chi connectivity index (χ1n) is 5.03. The number of rotatable bonds is 4. The standard InChI is InChI=1S/C10H8BrClN4O2/c11-4-3-7-6-15(14-13-7)8-1-2-9(12)10(5-8)16(17)18/h1-2,5-6H,3-4H2. The molecule has 0 radical (unpaired) electrons. The van der Waals surface area contributed by atoms with Gasteiger partial charge in [-0.2, -0.15) is 0 Å². The summed E-state index contributed by atoms with van der Waals surface area (Å²) in [5.74, 6) is 0. The molecule has 0 aliphatic heterocycles. The number of aryl methyl sites for hydroxylation is 1. The third kappa shape index (κ3) is 2.68. The Labute approximate surface area is 116 Å². The van der Waals surface area contributed by atoms with Crippen molar-refractivity contribution < 1.29 is 4.92 Å². The normalized spacial score (nSPS) is 10.6. The summed E-state index contributed by atoms with van der Waals surface area (Å²) in [4.78, 5) is 10.3. The van der Waals surface area contributed by atoms with E-state index in [1.54, 1.807) is 12.3 Å². The maximum atomic E-state index is 10.8. The van der Waals surface area contributed by atoms with Crippen LogP contribution in [0.25, 0.3) is 5.69 Å². The van der Waals surface area contributed by atoms with Gasteiger partial charge >= 0.3 is 0 Å². The monoisotopic (exact) mass is 330 g/mol. The molecule has 1 heterocycles. The molecular formula is C10H8BrClN4O2. The zero-order chi connectivity index (χ0) is 13.1. The molecule has 1 aromatic carbocycles. The van der Waals surface area contributed by atoms with Crippen LogP contribution in [0, 0.1) is 10.1 Å². The first-order valence-corrected chi connectivity index (χ1v) is 6.53. The second kappa shape index (κ2) is 5.45. The highest BCUT2D eigenvalue weighted by Gasteiger charge is 2.14. The van der Waals surface area contributed by atoms with E-state index in [1.165, 1.54) is 16.8 Å². The van der Waals surface area contributed by atoms with Crippen LogP contribution in [0.1, 0.15) is 5.69 Å². The zero-order valence-electron chi connectivity index (χ0n) is 9.08. The predicted octanol–water partition coefficient (Wildman–Crippen LogP) is 2.77. The van der Waals surface area contributed by atoms with E-state index in [0.717, 1.165) is 17.4 Å². The lowest BCUT2D eigenvalue weighted by Crippen LogP contribution is -1.97. The average molecular weight is 332 g/mol. The number of hydrogen-bond donors (Lipinski definition) is 0. The third-order valence-corrected chi connectivity index (χ3v) is 3.00. The Balaban J connectivity index is 2.38. The van der Waals surface area contributed by atoms with Crippen LogP contribution in [0.3, 0.4) is 0 Å². The summed E-state index contributed by atoms with van der Waals surface area (Å²) in [6.45, 7) is 0. The Morgan fingerprint density at radius 2 is 2.28 bits per heavy atom. The van der Waals surface area contributed by atoms with Crippen LogP contribution in [0.15, 0.2) is 24.4 Å². The van der Waals surface area contributed by atoms with Crippen molar-refractivity contribution in [3.8, 4) is 5.69 Å². The Kier molecular flexibility index (Phi) is 3.93. The fourth-order valence-electron chi connectivity index (χ4n) is 1.42. The highest BCUT2D eigenvalue weighted by atomic mass is 79.9. The van der Waals surface area contributed by atoms with Crippen LogP contribution in [0.2, 0.25) is 5.02 Å². The van der Waals surface area contributed by atoms with Crippen molar-refractivity contribution in [2.45, 2.75) is 6.42 Å². The summed E-state index contributed by atoms with van der Waals surface area (Å²) in [6.07, 6.45) is 2.48. The van der Waals surface area contributed by atoms with Crippen LogP contribution in [0.5, 0.6) is 0 Å². The lowest BCUT2D eigenvalue weighted by molar-refractivity contribution is -0.384. The second-order valence-corrected chi connectivity index (χ2v) is 4.69. The summed E-state index contributed by atoms with van der Waals surface area (Å²) in [5.41, 5.74) is 1.22. The summed E-state index contributed by atoms with van der Waals surface area (Å²) in [7, 11) is 0. The van der Waals surface area contributed by atoms with E-state index >= 15 is 0 Å². The molecule has 0 saturated carbocycles. The van der Waals surface area contributed by atoms with Gasteiger partial charge in [-0.1, -0.05) is 32.7 Å². The maximum absolute atomic E-state index is 10.8. The molecule has 2 rings (SSSR count). The van der Waals surface area contributed by atoms with Crippen molar-refractivity contribution in [3.63, 3.8) is 0 Å². The minimum absolute atomic E-state index is 0.101. The Morgan fingerprint density at radius 1 is 1.50 bits per heavy atom. The third-order valence-electron chi connectivity index (χ3n) is 2.28. The average Bonchev–Trinajstić information content (AvgIpc) is 2.78. The van der Waals surface area contributed by atoms with Crippen LogP contribution >= 0.6 is 27.5 Å². The first-order chi connectivity index (χ1) is 8.61. The van der Waals surface area contributed by atoms with Crippen molar-refractivity contribution in [1.29, 1.82) is 0 Å². The molecule has 18 heavy (non-hydrogen) atoms. The number of nitro groups is 1. The minimum atomic E-state index is -0.526. The van der Waals surface area contributed by atoms with Gasteiger partial charge < -0.3 is 0 Å².